The topological polar surface area (TPSA) is 29.5 Å². The second kappa shape index (κ2) is 2.03. The highest BCUT2D eigenvalue weighted by atomic mass is 32.2. The van der Waals surface area contributed by atoms with Crippen LogP contribution in [-0.2, 0) is 4.74 Å². The summed E-state index contributed by atoms with van der Waals surface area (Å²) in [5.41, 5.74) is 0.190. The van der Waals surface area contributed by atoms with Crippen molar-refractivity contribution < 1.29 is 9.84 Å². The fourth-order valence-corrected chi connectivity index (χ4v) is 1.24. The summed E-state index contributed by atoms with van der Waals surface area (Å²) in [7, 11) is 0. The zero-order valence-corrected chi connectivity index (χ0v) is 4.94. The molecular weight excluding hydrogens is 112 g/mol. The SMILES string of the molecule is C[C@H]1OC(O)CS1. The van der Waals surface area contributed by atoms with Gasteiger partial charge in [0.2, 0.25) is 0 Å². The van der Waals surface area contributed by atoms with E-state index in [9.17, 15) is 0 Å². The van der Waals surface area contributed by atoms with Crippen molar-refractivity contribution in [1.29, 1.82) is 0 Å². The van der Waals surface area contributed by atoms with E-state index in [4.69, 9.17) is 9.84 Å². The molecule has 0 radical (unpaired) electrons. The van der Waals surface area contributed by atoms with Crippen molar-refractivity contribution in [3.63, 3.8) is 0 Å². The number of aliphatic hydroxyl groups excluding tert-OH is 1. The highest BCUT2D eigenvalue weighted by molar-refractivity contribution is 7.99. The molecule has 3 heteroatoms. The van der Waals surface area contributed by atoms with Gasteiger partial charge in [-0.2, -0.15) is 0 Å². The smallest absolute Gasteiger partial charge is 0.165 e. The van der Waals surface area contributed by atoms with E-state index in [2.05, 4.69) is 0 Å². The molecule has 1 aliphatic rings. The van der Waals surface area contributed by atoms with Gasteiger partial charge in [0.1, 0.15) is 5.44 Å². The molecule has 7 heavy (non-hydrogen) atoms. The molecule has 0 spiro atoms. The van der Waals surface area contributed by atoms with Gasteiger partial charge in [0.15, 0.2) is 6.29 Å². The standard InChI is InChI=1S/C4H8O2S/c1-3-6-4(5)2-7-3/h3-5H,2H2,1H3/t3-,4?/m0/s1. The molecule has 0 aromatic rings. The van der Waals surface area contributed by atoms with E-state index in [1.807, 2.05) is 6.92 Å². The molecule has 0 amide bonds. The van der Waals surface area contributed by atoms with Gasteiger partial charge in [-0.05, 0) is 6.92 Å². The molecule has 42 valence electrons. The van der Waals surface area contributed by atoms with Crippen LogP contribution < -0.4 is 0 Å². The maximum Gasteiger partial charge on any atom is 0.165 e. The Hall–Kier alpha value is 0.270. The Morgan fingerprint density at radius 2 is 2.57 bits per heavy atom. The Balaban J connectivity index is 2.26. The third-order valence-corrected chi connectivity index (χ3v) is 1.88. The third-order valence-electron chi connectivity index (χ3n) is 0.822. The lowest BCUT2D eigenvalue weighted by Gasteiger charge is -1.98. The van der Waals surface area contributed by atoms with Crippen LogP contribution in [0.3, 0.4) is 0 Å². The summed E-state index contributed by atoms with van der Waals surface area (Å²) in [5, 5.41) is 8.66. The molecule has 1 saturated heterocycles. The maximum atomic E-state index is 8.66. The van der Waals surface area contributed by atoms with Gasteiger partial charge in [0.25, 0.3) is 0 Å². The lowest BCUT2D eigenvalue weighted by atomic mass is 10.7. The van der Waals surface area contributed by atoms with Crippen molar-refractivity contribution in [2.24, 2.45) is 0 Å². The van der Waals surface area contributed by atoms with E-state index in [1.165, 1.54) is 0 Å². The summed E-state index contributed by atoms with van der Waals surface area (Å²) in [6.45, 7) is 1.93. The van der Waals surface area contributed by atoms with Gasteiger partial charge in [-0.1, -0.05) is 0 Å². The Kier molecular flexibility index (Phi) is 1.57. The van der Waals surface area contributed by atoms with Crippen LogP contribution in [0.2, 0.25) is 0 Å². The Bertz CT molecular complexity index is 58.7. The van der Waals surface area contributed by atoms with Crippen LogP contribution >= 0.6 is 11.8 Å². The second-order valence-electron chi connectivity index (χ2n) is 1.49. The van der Waals surface area contributed by atoms with Gasteiger partial charge in [-0.25, -0.2) is 0 Å². The molecule has 1 unspecified atom stereocenters. The van der Waals surface area contributed by atoms with Crippen LogP contribution in [0.15, 0.2) is 0 Å². The van der Waals surface area contributed by atoms with Gasteiger partial charge in [-0.3, -0.25) is 0 Å². The van der Waals surface area contributed by atoms with Crippen LogP contribution in [-0.4, -0.2) is 22.6 Å². The minimum absolute atomic E-state index is 0.190. The molecule has 2 atom stereocenters. The quantitative estimate of drug-likeness (QED) is 0.502. The average molecular weight is 120 g/mol. The van der Waals surface area contributed by atoms with E-state index in [-0.39, 0.29) is 5.44 Å². The third kappa shape index (κ3) is 1.33. The monoisotopic (exact) mass is 120 g/mol. The van der Waals surface area contributed by atoms with Crippen molar-refractivity contribution in [3.8, 4) is 0 Å². The summed E-state index contributed by atoms with van der Waals surface area (Å²) < 4.78 is 4.88. The van der Waals surface area contributed by atoms with Crippen LogP contribution in [0.1, 0.15) is 6.92 Å². The van der Waals surface area contributed by atoms with E-state index < -0.39 is 6.29 Å². The Morgan fingerprint density at radius 1 is 1.86 bits per heavy atom. The van der Waals surface area contributed by atoms with E-state index in [0.29, 0.717) is 0 Å². The molecule has 1 fully saturated rings. The van der Waals surface area contributed by atoms with Crippen molar-refractivity contribution in [3.05, 3.63) is 0 Å². The minimum Gasteiger partial charge on any atom is -0.367 e. The summed E-state index contributed by atoms with van der Waals surface area (Å²) in [6, 6.07) is 0. The normalized spacial score (nSPS) is 42.0. The fourth-order valence-electron chi connectivity index (χ4n) is 0.518. The molecular formula is C4H8O2S. The van der Waals surface area contributed by atoms with Crippen molar-refractivity contribution in [1.82, 2.24) is 0 Å². The minimum atomic E-state index is -0.514. The van der Waals surface area contributed by atoms with Gasteiger partial charge in [0.05, 0.1) is 0 Å². The second-order valence-corrected chi connectivity index (χ2v) is 2.82. The summed E-state index contributed by atoms with van der Waals surface area (Å²) in [4.78, 5) is 0. The number of thioether (sulfide) groups is 1. The molecule has 1 N–H and O–H groups in total. The van der Waals surface area contributed by atoms with Crippen LogP contribution in [0.25, 0.3) is 0 Å². The Morgan fingerprint density at radius 3 is 2.71 bits per heavy atom. The average Bonchev–Trinajstić information content (AvgIpc) is 1.87. The molecule has 0 aromatic carbocycles. The Labute approximate surface area is 46.9 Å². The number of aliphatic hydroxyl groups is 1. The zero-order chi connectivity index (χ0) is 5.28. The van der Waals surface area contributed by atoms with Gasteiger partial charge in [-0.15, -0.1) is 11.8 Å². The van der Waals surface area contributed by atoms with Crippen molar-refractivity contribution >= 4 is 11.8 Å². The van der Waals surface area contributed by atoms with E-state index in [0.717, 1.165) is 5.75 Å². The van der Waals surface area contributed by atoms with Crippen LogP contribution in [0, 0.1) is 0 Å². The summed E-state index contributed by atoms with van der Waals surface area (Å²) in [5.74, 6) is 0.723. The van der Waals surface area contributed by atoms with E-state index >= 15 is 0 Å². The number of hydrogen-bond acceptors (Lipinski definition) is 3. The lowest BCUT2D eigenvalue weighted by molar-refractivity contribution is -0.0752. The van der Waals surface area contributed by atoms with Gasteiger partial charge < -0.3 is 9.84 Å². The van der Waals surface area contributed by atoms with E-state index in [1.54, 1.807) is 11.8 Å². The highest BCUT2D eigenvalue weighted by Gasteiger charge is 2.18. The molecule has 1 rings (SSSR count). The maximum absolute atomic E-state index is 8.66. The van der Waals surface area contributed by atoms with Crippen molar-refractivity contribution in [2.45, 2.75) is 18.6 Å². The van der Waals surface area contributed by atoms with Gasteiger partial charge in [0, 0.05) is 5.75 Å². The molecule has 1 aliphatic heterocycles. The summed E-state index contributed by atoms with van der Waals surface area (Å²) >= 11 is 1.63. The largest absolute Gasteiger partial charge is 0.367 e. The highest BCUT2D eigenvalue weighted by Crippen LogP contribution is 2.22. The zero-order valence-electron chi connectivity index (χ0n) is 4.13. The fraction of sp³-hybridized carbons (Fsp3) is 1.00. The first-order valence-electron chi connectivity index (χ1n) is 2.24. The predicted octanol–water partition coefficient (Wildman–Crippen LogP) is 0.414. The first-order chi connectivity index (χ1) is 3.29. The number of rotatable bonds is 0. The first kappa shape index (κ1) is 5.41. The molecule has 0 aliphatic carbocycles. The number of ether oxygens (including phenoxy) is 1. The van der Waals surface area contributed by atoms with Crippen LogP contribution in [0.5, 0.6) is 0 Å². The molecule has 0 aromatic heterocycles. The summed E-state index contributed by atoms with van der Waals surface area (Å²) in [6.07, 6.45) is -0.514. The predicted molar refractivity (Wildman–Crippen MR) is 29.0 cm³/mol. The molecule has 1 heterocycles. The number of hydrogen-bond donors (Lipinski definition) is 1. The lowest BCUT2D eigenvalue weighted by Crippen LogP contribution is -2.07. The molecule has 0 saturated carbocycles. The van der Waals surface area contributed by atoms with Crippen LogP contribution in [0.4, 0.5) is 0 Å². The first-order valence-corrected chi connectivity index (χ1v) is 3.29. The van der Waals surface area contributed by atoms with Crippen molar-refractivity contribution in [2.75, 3.05) is 5.75 Å². The molecule has 2 nitrogen and oxygen atoms in total. The van der Waals surface area contributed by atoms with Gasteiger partial charge >= 0.3 is 0 Å². The molecule has 0 bridgehead atoms.